The van der Waals surface area contributed by atoms with Gasteiger partial charge in [-0.15, -0.1) is 24.0 Å². The van der Waals surface area contributed by atoms with Crippen LogP contribution in [0, 0.1) is 0 Å². The molecule has 1 atom stereocenters. The minimum Gasteiger partial charge on any atom is -0.352 e. The highest BCUT2D eigenvalue weighted by Gasteiger charge is 2.34. The minimum atomic E-state index is -4.14. The van der Waals surface area contributed by atoms with Gasteiger partial charge in [0.2, 0.25) is 0 Å². The van der Waals surface area contributed by atoms with Crippen molar-refractivity contribution in [1.29, 1.82) is 0 Å². The number of nitrogens with one attached hydrogen (secondary N) is 2. The van der Waals surface area contributed by atoms with Crippen molar-refractivity contribution in [3.63, 3.8) is 0 Å². The molecule has 1 fully saturated rings. The van der Waals surface area contributed by atoms with E-state index in [1.165, 1.54) is 4.90 Å². The van der Waals surface area contributed by atoms with Gasteiger partial charge in [-0.3, -0.25) is 14.6 Å². The van der Waals surface area contributed by atoms with Crippen molar-refractivity contribution < 1.29 is 13.2 Å². The third kappa shape index (κ3) is 6.53. The fraction of sp³-hybridized carbons (Fsp3) is 0.692. The lowest BCUT2D eigenvalue weighted by Crippen LogP contribution is -2.45. The van der Waals surface area contributed by atoms with Gasteiger partial charge in [0.25, 0.3) is 0 Å². The molecule has 1 aliphatic heterocycles. The summed E-state index contributed by atoms with van der Waals surface area (Å²) in [6, 6.07) is 1.86. The number of alkyl halides is 3. The molecule has 1 aromatic rings. The second-order valence-electron chi connectivity index (χ2n) is 5.35. The minimum absolute atomic E-state index is 0. The lowest BCUT2D eigenvalue weighted by atomic mass is 10.3. The second kappa shape index (κ2) is 8.71. The molecule has 2 heterocycles. The van der Waals surface area contributed by atoms with Gasteiger partial charge >= 0.3 is 6.18 Å². The molecule has 0 aliphatic carbocycles. The Bertz CT molecular complexity index is 516. The van der Waals surface area contributed by atoms with Gasteiger partial charge in [-0.1, -0.05) is 0 Å². The van der Waals surface area contributed by atoms with Gasteiger partial charge in [-0.05, 0) is 12.5 Å². The molecule has 132 valence electrons. The first-order valence-corrected chi connectivity index (χ1v) is 7.10. The predicted octanol–water partition coefficient (Wildman–Crippen LogP) is 1.34. The van der Waals surface area contributed by atoms with Gasteiger partial charge in [0.05, 0.1) is 18.8 Å². The van der Waals surface area contributed by atoms with Crippen LogP contribution in [0.25, 0.3) is 0 Å². The molecule has 0 aromatic carbocycles. The third-order valence-corrected chi connectivity index (χ3v) is 3.60. The quantitative estimate of drug-likeness (QED) is 0.417. The van der Waals surface area contributed by atoms with Crippen molar-refractivity contribution in [3.8, 4) is 0 Å². The normalized spacial score (nSPS) is 19.5. The monoisotopic (exact) mass is 446 g/mol. The van der Waals surface area contributed by atoms with Crippen LogP contribution in [0.2, 0.25) is 0 Å². The molecule has 0 saturated carbocycles. The summed E-state index contributed by atoms with van der Waals surface area (Å²) < 4.78 is 38.9. The maximum Gasteiger partial charge on any atom is 0.401 e. The Labute approximate surface area is 150 Å². The number of aryl methyl sites for hydroxylation is 1. The number of aliphatic imine (C=N–C) groups is 1. The van der Waals surface area contributed by atoms with Crippen LogP contribution in [-0.4, -0.2) is 59.5 Å². The van der Waals surface area contributed by atoms with E-state index in [2.05, 4.69) is 20.7 Å². The number of aromatic nitrogens is 2. The molecule has 0 spiro atoms. The van der Waals surface area contributed by atoms with E-state index in [1.807, 2.05) is 13.1 Å². The van der Waals surface area contributed by atoms with E-state index in [-0.39, 0.29) is 30.0 Å². The second-order valence-corrected chi connectivity index (χ2v) is 5.35. The summed E-state index contributed by atoms with van der Waals surface area (Å²) in [7, 11) is 3.49. The molecular formula is C13H22F3IN6. The van der Waals surface area contributed by atoms with Gasteiger partial charge in [0.15, 0.2) is 5.96 Å². The number of hydrogen-bond acceptors (Lipinski definition) is 3. The molecule has 1 aliphatic rings. The van der Waals surface area contributed by atoms with Gasteiger partial charge in [0.1, 0.15) is 0 Å². The molecule has 0 bridgehead atoms. The van der Waals surface area contributed by atoms with E-state index >= 15 is 0 Å². The third-order valence-electron chi connectivity index (χ3n) is 3.60. The van der Waals surface area contributed by atoms with Crippen molar-refractivity contribution in [3.05, 3.63) is 18.0 Å². The molecular weight excluding hydrogens is 424 g/mol. The fourth-order valence-electron chi connectivity index (χ4n) is 2.48. The highest BCUT2D eigenvalue weighted by atomic mass is 127. The predicted molar refractivity (Wildman–Crippen MR) is 92.9 cm³/mol. The van der Waals surface area contributed by atoms with E-state index < -0.39 is 12.7 Å². The number of nitrogens with zero attached hydrogens (tertiary/aromatic N) is 4. The lowest BCUT2D eigenvalue weighted by Gasteiger charge is -2.19. The average molecular weight is 446 g/mol. The first-order valence-electron chi connectivity index (χ1n) is 7.10. The van der Waals surface area contributed by atoms with Crippen LogP contribution in [0.5, 0.6) is 0 Å². The number of halogens is 4. The molecule has 0 radical (unpaired) electrons. The maximum atomic E-state index is 12.4. The summed E-state index contributed by atoms with van der Waals surface area (Å²) in [5.74, 6) is 0.583. The van der Waals surface area contributed by atoms with Crippen LogP contribution in [0.15, 0.2) is 17.3 Å². The Balaban J connectivity index is 0.00000264. The van der Waals surface area contributed by atoms with Gasteiger partial charge < -0.3 is 10.6 Å². The van der Waals surface area contributed by atoms with Crippen LogP contribution in [0.1, 0.15) is 12.1 Å². The van der Waals surface area contributed by atoms with Gasteiger partial charge in [-0.2, -0.15) is 18.3 Å². The molecule has 1 unspecified atom stereocenters. The van der Waals surface area contributed by atoms with Crippen molar-refractivity contribution in [1.82, 2.24) is 25.3 Å². The Morgan fingerprint density at radius 2 is 2.22 bits per heavy atom. The number of guanidine groups is 1. The Hall–Kier alpha value is -1.04. The first kappa shape index (κ1) is 20.0. The molecule has 2 N–H and O–H groups in total. The molecule has 0 amide bonds. The van der Waals surface area contributed by atoms with Crippen LogP contribution < -0.4 is 10.6 Å². The van der Waals surface area contributed by atoms with E-state index in [9.17, 15) is 13.2 Å². The molecule has 1 aromatic heterocycles. The van der Waals surface area contributed by atoms with Crippen LogP contribution in [0.3, 0.4) is 0 Å². The summed E-state index contributed by atoms with van der Waals surface area (Å²) in [6.07, 6.45) is -1.77. The van der Waals surface area contributed by atoms with Gasteiger partial charge in [0, 0.05) is 39.4 Å². The van der Waals surface area contributed by atoms with E-state index in [0.29, 0.717) is 32.0 Å². The van der Waals surface area contributed by atoms with Crippen molar-refractivity contribution in [2.75, 3.05) is 26.7 Å². The summed E-state index contributed by atoms with van der Waals surface area (Å²) in [6.45, 7) is 0.503. The molecule has 2 rings (SSSR count). The molecule has 23 heavy (non-hydrogen) atoms. The summed E-state index contributed by atoms with van der Waals surface area (Å²) in [5, 5.41) is 10.4. The number of rotatable bonds is 4. The van der Waals surface area contributed by atoms with E-state index in [4.69, 9.17) is 0 Å². The first-order chi connectivity index (χ1) is 10.4. The van der Waals surface area contributed by atoms with Crippen molar-refractivity contribution in [2.24, 2.45) is 12.0 Å². The summed E-state index contributed by atoms with van der Waals surface area (Å²) in [5.41, 5.74) is 0.994. The zero-order valence-corrected chi connectivity index (χ0v) is 15.4. The highest BCUT2D eigenvalue weighted by molar-refractivity contribution is 14.0. The van der Waals surface area contributed by atoms with Crippen LogP contribution >= 0.6 is 24.0 Å². The SMILES string of the molecule is CN=C(NCc1ccnn1C)NC1CCN(CC(F)(F)F)C1.I. The molecule has 10 heteroatoms. The van der Waals surface area contributed by atoms with Crippen molar-refractivity contribution >= 4 is 29.9 Å². The molecule has 1 saturated heterocycles. The fourth-order valence-corrected chi connectivity index (χ4v) is 2.48. The highest BCUT2D eigenvalue weighted by Crippen LogP contribution is 2.19. The number of hydrogen-bond donors (Lipinski definition) is 2. The Kier molecular flexibility index (Phi) is 7.58. The smallest absolute Gasteiger partial charge is 0.352 e. The van der Waals surface area contributed by atoms with Crippen LogP contribution in [-0.2, 0) is 13.6 Å². The lowest BCUT2D eigenvalue weighted by molar-refractivity contribution is -0.143. The van der Waals surface area contributed by atoms with Gasteiger partial charge in [-0.25, -0.2) is 0 Å². The average Bonchev–Trinajstić information content (AvgIpc) is 3.02. The Morgan fingerprint density at radius 3 is 2.78 bits per heavy atom. The summed E-state index contributed by atoms with van der Waals surface area (Å²) >= 11 is 0. The largest absolute Gasteiger partial charge is 0.401 e. The van der Waals surface area contributed by atoms with E-state index in [1.54, 1.807) is 17.9 Å². The Morgan fingerprint density at radius 1 is 1.48 bits per heavy atom. The maximum absolute atomic E-state index is 12.4. The summed E-state index contributed by atoms with van der Waals surface area (Å²) in [4.78, 5) is 5.51. The van der Waals surface area contributed by atoms with Crippen LogP contribution in [0.4, 0.5) is 13.2 Å². The molecule has 6 nitrogen and oxygen atoms in total. The zero-order chi connectivity index (χ0) is 16.2. The number of likely N-dealkylation sites (tertiary alicyclic amines) is 1. The standard InChI is InChI=1S/C13H21F3N6.HI/c1-17-12(18-7-11-3-5-19-21(11)2)20-10-4-6-22(8-10)9-13(14,15)16;/h3,5,10H,4,6-9H2,1-2H3,(H2,17,18,20);1H. The topological polar surface area (TPSA) is 57.5 Å². The van der Waals surface area contributed by atoms with E-state index in [0.717, 1.165) is 5.69 Å². The zero-order valence-electron chi connectivity index (χ0n) is 13.1. The van der Waals surface area contributed by atoms with Crippen molar-refractivity contribution in [2.45, 2.75) is 25.2 Å².